The maximum absolute atomic E-state index is 4.13. The lowest BCUT2D eigenvalue weighted by Crippen LogP contribution is -2.23. The Morgan fingerprint density at radius 2 is 1.85 bits per heavy atom. The molecule has 0 radical (unpaired) electrons. The highest BCUT2D eigenvalue weighted by Crippen LogP contribution is 2.39. The average Bonchev–Trinajstić information content (AvgIpc) is 2.41. The first-order chi connectivity index (χ1) is 9.37. The molecule has 0 aromatic rings. The fraction of sp³-hybridized carbons (Fsp3) is 0.600. The molecule has 0 amide bonds. The third-order valence-electron chi connectivity index (χ3n) is 4.62. The SMILES string of the molecule is C=C[C@@]1(C)CC=C(C)CCC=C(C)CC[C@@H]1C=C(C)C. The first kappa shape index (κ1) is 17.0. The molecule has 0 heteroatoms. The minimum atomic E-state index is 0.170. The van der Waals surface area contributed by atoms with E-state index in [1.165, 1.54) is 36.8 Å². The molecule has 0 aromatic heterocycles. The van der Waals surface area contributed by atoms with E-state index in [0.29, 0.717) is 5.92 Å². The molecule has 0 unspecified atom stereocenters. The molecule has 0 saturated heterocycles. The minimum Gasteiger partial charge on any atom is -0.103 e. The zero-order valence-electron chi connectivity index (χ0n) is 14.1. The van der Waals surface area contributed by atoms with Crippen molar-refractivity contribution in [3.05, 3.63) is 47.6 Å². The molecule has 0 saturated carbocycles. The molecule has 1 aliphatic carbocycles. The Morgan fingerprint density at radius 3 is 2.45 bits per heavy atom. The third kappa shape index (κ3) is 5.15. The number of hydrogen-bond donors (Lipinski definition) is 0. The predicted molar refractivity (Wildman–Crippen MR) is 91.8 cm³/mol. The van der Waals surface area contributed by atoms with Crippen LogP contribution in [0.1, 0.15) is 66.7 Å². The molecule has 0 bridgehead atoms. The topological polar surface area (TPSA) is 0 Å². The van der Waals surface area contributed by atoms with Crippen LogP contribution in [0, 0.1) is 11.3 Å². The summed E-state index contributed by atoms with van der Waals surface area (Å²) >= 11 is 0. The lowest BCUT2D eigenvalue weighted by molar-refractivity contribution is 0.294. The second kappa shape index (κ2) is 7.67. The fourth-order valence-corrected chi connectivity index (χ4v) is 2.92. The molecule has 112 valence electrons. The Hall–Kier alpha value is -1.04. The van der Waals surface area contributed by atoms with Crippen molar-refractivity contribution in [3.63, 3.8) is 0 Å². The molecule has 0 fully saturated rings. The normalized spacial score (nSPS) is 28.8. The Bertz CT molecular complexity index is 415. The largest absolute Gasteiger partial charge is 0.103 e. The Balaban J connectivity index is 3.10. The molecule has 20 heavy (non-hydrogen) atoms. The second-order valence-electron chi connectivity index (χ2n) is 6.94. The van der Waals surface area contributed by atoms with Crippen LogP contribution in [0.4, 0.5) is 0 Å². The smallest absolute Gasteiger partial charge is 0.00517 e. The van der Waals surface area contributed by atoms with Gasteiger partial charge in [0.05, 0.1) is 0 Å². The van der Waals surface area contributed by atoms with Gasteiger partial charge in [0.1, 0.15) is 0 Å². The van der Waals surface area contributed by atoms with Gasteiger partial charge >= 0.3 is 0 Å². The van der Waals surface area contributed by atoms with Gasteiger partial charge < -0.3 is 0 Å². The zero-order valence-corrected chi connectivity index (χ0v) is 14.1. The summed E-state index contributed by atoms with van der Waals surface area (Å²) < 4.78 is 0. The highest BCUT2D eigenvalue weighted by Gasteiger charge is 2.28. The Morgan fingerprint density at radius 1 is 1.20 bits per heavy atom. The van der Waals surface area contributed by atoms with Crippen molar-refractivity contribution >= 4 is 0 Å². The van der Waals surface area contributed by atoms with Crippen LogP contribution in [-0.4, -0.2) is 0 Å². The van der Waals surface area contributed by atoms with Crippen molar-refractivity contribution < 1.29 is 0 Å². The maximum Gasteiger partial charge on any atom is -0.00517 e. The minimum absolute atomic E-state index is 0.170. The molecule has 0 nitrogen and oxygen atoms in total. The second-order valence-corrected chi connectivity index (χ2v) is 6.94. The summed E-state index contributed by atoms with van der Waals surface area (Å²) in [5.41, 5.74) is 4.64. The van der Waals surface area contributed by atoms with Gasteiger partial charge in [0.25, 0.3) is 0 Å². The van der Waals surface area contributed by atoms with Crippen molar-refractivity contribution in [3.8, 4) is 0 Å². The third-order valence-corrected chi connectivity index (χ3v) is 4.62. The first-order valence-corrected chi connectivity index (χ1v) is 7.97. The molecule has 0 heterocycles. The van der Waals surface area contributed by atoms with Crippen LogP contribution in [-0.2, 0) is 0 Å². The fourth-order valence-electron chi connectivity index (χ4n) is 2.92. The van der Waals surface area contributed by atoms with E-state index in [9.17, 15) is 0 Å². The van der Waals surface area contributed by atoms with Crippen molar-refractivity contribution in [1.29, 1.82) is 0 Å². The van der Waals surface area contributed by atoms with Gasteiger partial charge in [0.2, 0.25) is 0 Å². The van der Waals surface area contributed by atoms with Crippen LogP contribution in [0.2, 0.25) is 0 Å². The van der Waals surface area contributed by atoms with Crippen LogP contribution in [0.5, 0.6) is 0 Å². The van der Waals surface area contributed by atoms with Gasteiger partial charge in [-0.1, -0.05) is 47.9 Å². The molecule has 0 aromatic carbocycles. The van der Waals surface area contributed by atoms with Gasteiger partial charge in [0.15, 0.2) is 0 Å². The molecular formula is C20H32. The van der Waals surface area contributed by atoms with Gasteiger partial charge in [-0.05, 0) is 71.1 Å². The van der Waals surface area contributed by atoms with E-state index in [0.717, 1.165) is 6.42 Å². The number of rotatable bonds is 2. The van der Waals surface area contributed by atoms with Crippen molar-refractivity contribution in [2.24, 2.45) is 11.3 Å². The first-order valence-electron chi connectivity index (χ1n) is 7.97. The molecule has 0 aliphatic heterocycles. The molecule has 0 spiro atoms. The highest BCUT2D eigenvalue weighted by atomic mass is 14.3. The molecule has 1 rings (SSSR count). The maximum atomic E-state index is 4.13. The summed E-state index contributed by atoms with van der Waals surface area (Å²) in [4.78, 5) is 0. The van der Waals surface area contributed by atoms with E-state index < -0.39 is 0 Å². The van der Waals surface area contributed by atoms with E-state index in [2.05, 4.69) is 65.5 Å². The Labute approximate surface area is 126 Å². The summed E-state index contributed by atoms with van der Waals surface area (Å²) in [5.74, 6) is 0.579. The molecular weight excluding hydrogens is 240 g/mol. The van der Waals surface area contributed by atoms with Crippen molar-refractivity contribution in [1.82, 2.24) is 0 Å². The van der Waals surface area contributed by atoms with Crippen LogP contribution < -0.4 is 0 Å². The van der Waals surface area contributed by atoms with E-state index in [1.54, 1.807) is 5.57 Å². The highest BCUT2D eigenvalue weighted by molar-refractivity contribution is 5.14. The number of allylic oxidation sites excluding steroid dienone is 7. The Kier molecular flexibility index (Phi) is 6.52. The monoisotopic (exact) mass is 272 g/mol. The van der Waals surface area contributed by atoms with E-state index in [4.69, 9.17) is 0 Å². The standard InChI is InChI=1S/C20H32/c1-7-20(6)14-13-18(5)10-8-9-17(4)11-12-19(20)15-16(2)3/h7,9,13,15,19H,1,8,10-12,14H2,2-6H3/t19-,20+/m1/s1. The van der Waals surface area contributed by atoms with Gasteiger partial charge in [0, 0.05) is 0 Å². The summed E-state index contributed by atoms with van der Waals surface area (Å²) in [6, 6.07) is 0. The number of hydrogen-bond acceptors (Lipinski definition) is 0. The van der Waals surface area contributed by atoms with E-state index >= 15 is 0 Å². The predicted octanol–water partition coefficient (Wildman–Crippen LogP) is 6.62. The van der Waals surface area contributed by atoms with E-state index in [1.807, 2.05) is 0 Å². The lowest BCUT2D eigenvalue weighted by atomic mass is 9.71. The molecule has 2 atom stereocenters. The quantitative estimate of drug-likeness (QED) is 0.496. The summed E-state index contributed by atoms with van der Waals surface area (Å²) in [6.07, 6.45) is 15.4. The van der Waals surface area contributed by atoms with Crippen molar-refractivity contribution in [2.45, 2.75) is 66.7 Å². The zero-order chi connectivity index (χ0) is 15.2. The van der Waals surface area contributed by atoms with Crippen LogP contribution in [0.15, 0.2) is 47.6 Å². The van der Waals surface area contributed by atoms with E-state index in [-0.39, 0.29) is 5.41 Å². The van der Waals surface area contributed by atoms with Crippen LogP contribution in [0.3, 0.4) is 0 Å². The van der Waals surface area contributed by atoms with Crippen LogP contribution in [0.25, 0.3) is 0 Å². The van der Waals surface area contributed by atoms with Crippen molar-refractivity contribution in [2.75, 3.05) is 0 Å². The van der Waals surface area contributed by atoms with Gasteiger partial charge in [-0.25, -0.2) is 0 Å². The summed E-state index contributed by atoms with van der Waals surface area (Å²) in [6.45, 7) is 15.5. The average molecular weight is 272 g/mol. The summed E-state index contributed by atoms with van der Waals surface area (Å²) in [5, 5.41) is 0. The van der Waals surface area contributed by atoms with Gasteiger partial charge in [-0.3, -0.25) is 0 Å². The summed E-state index contributed by atoms with van der Waals surface area (Å²) in [7, 11) is 0. The van der Waals surface area contributed by atoms with Gasteiger partial charge in [-0.2, -0.15) is 0 Å². The molecule has 0 N–H and O–H groups in total. The lowest BCUT2D eigenvalue weighted by Gasteiger charge is -2.33. The van der Waals surface area contributed by atoms with Crippen LogP contribution >= 0.6 is 0 Å². The molecule has 1 aliphatic rings. The van der Waals surface area contributed by atoms with Gasteiger partial charge in [-0.15, -0.1) is 6.58 Å².